The van der Waals surface area contributed by atoms with E-state index in [9.17, 15) is 4.79 Å². The van der Waals surface area contributed by atoms with Crippen LogP contribution >= 0.6 is 0 Å². The Balaban J connectivity index is 2.09. The molecule has 2 aromatic rings. The van der Waals surface area contributed by atoms with Gasteiger partial charge in [0.05, 0.1) is 26.5 Å². The number of methoxy groups -OCH3 is 2. The molecule has 1 amide bonds. The molecule has 1 atom stereocenters. The van der Waals surface area contributed by atoms with Crippen molar-refractivity contribution in [1.82, 2.24) is 10.2 Å². The number of hydrogen-bond acceptors (Lipinski definition) is 5. The Bertz CT molecular complexity index is 616. The first-order chi connectivity index (χ1) is 11.0. The summed E-state index contributed by atoms with van der Waals surface area (Å²) in [4.78, 5) is 14.4. The molecule has 1 heterocycles. The van der Waals surface area contributed by atoms with Crippen LogP contribution < -0.4 is 14.8 Å². The number of benzene rings is 1. The van der Waals surface area contributed by atoms with Crippen molar-refractivity contribution in [3.05, 3.63) is 47.9 Å². The second-order valence-electron chi connectivity index (χ2n) is 5.31. The van der Waals surface area contributed by atoms with Gasteiger partial charge < -0.3 is 19.2 Å². The van der Waals surface area contributed by atoms with E-state index in [0.717, 1.165) is 5.76 Å². The smallest absolute Gasteiger partial charge is 0.251 e. The Morgan fingerprint density at radius 1 is 1.22 bits per heavy atom. The Morgan fingerprint density at radius 2 is 1.87 bits per heavy atom. The molecule has 0 saturated heterocycles. The summed E-state index contributed by atoms with van der Waals surface area (Å²) < 4.78 is 15.8. The van der Waals surface area contributed by atoms with E-state index >= 15 is 0 Å². The van der Waals surface area contributed by atoms with Crippen molar-refractivity contribution in [2.75, 3.05) is 34.9 Å². The summed E-state index contributed by atoms with van der Waals surface area (Å²) >= 11 is 0. The zero-order chi connectivity index (χ0) is 16.8. The van der Waals surface area contributed by atoms with E-state index < -0.39 is 0 Å². The fraction of sp³-hybridized carbons (Fsp3) is 0.353. The van der Waals surface area contributed by atoms with Gasteiger partial charge in [-0.2, -0.15) is 0 Å². The van der Waals surface area contributed by atoms with Gasteiger partial charge in [-0.15, -0.1) is 0 Å². The molecule has 0 radical (unpaired) electrons. The molecular formula is C17H22N2O4. The molecule has 1 aromatic carbocycles. The summed E-state index contributed by atoms with van der Waals surface area (Å²) in [6.07, 6.45) is 1.63. The normalized spacial score (nSPS) is 12.0. The minimum Gasteiger partial charge on any atom is -0.497 e. The molecule has 1 N–H and O–H groups in total. The van der Waals surface area contributed by atoms with E-state index in [1.165, 1.54) is 0 Å². The highest BCUT2D eigenvalue weighted by Crippen LogP contribution is 2.23. The van der Waals surface area contributed by atoms with Crippen LogP contribution in [0.15, 0.2) is 41.0 Å². The SMILES string of the molecule is COc1cc(OC)cc(C(=O)NCC(c2ccco2)N(C)C)c1. The van der Waals surface area contributed by atoms with Gasteiger partial charge in [-0.1, -0.05) is 0 Å². The minimum absolute atomic E-state index is 0.0403. The number of furan rings is 1. The second kappa shape index (κ2) is 7.69. The van der Waals surface area contributed by atoms with Gasteiger partial charge in [-0.25, -0.2) is 0 Å². The van der Waals surface area contributed by atoms with Gasteiger partial charge in [0, 0.05) is 18.2 Å². The van der Waals surface area contributed by atoms with Gasteiger partial charge in [0.1, 0.15) is 17.3 Å². The number of nitrogens with one attached hydrogen (secondary N) is 1. The summed E-state index contributed by atoms with van der Waals surface area (Å²) in [5.74, 6) is 1.76. The molecule has 23 heavy (non-hydrogen) atoms. The zero-order valence-corrected chi connectivity index (χ0v) is 13.8. The Hall–Kier alpha value is -2.47. The number of carbonyl (C=O) groups excluding carboxylic acids is 1. The predicted octanol–water partition coefficient (Wildman–Crippen LogP) is 2.33. The predicted molar refractivity (Wildman–Crippen MR) is 87.0 cm³/mol. The van der Waals surface area contributed by atoms with E-state index in [1.807, 2.05) is 31.1 Å². The van der Waals surface area contributed by atoms with Crippen molar-refractivity contribution in [2.45, 2.75) is 6.04 Å². The van der Waals surface area contributed by atoms with Gasteiger partial charge in [0.25, 0.3) is 5.91 Å². The van der Waals surface area contributed by atoms with Gasteiger partial charge in [-0.05, 0) is 38.4 Å². The maximum absolute atomic E-state index is 12.4. The van der Waals surface area contributed by atoms with Crippen LogP contribution in [0.3, 0.4) is 0 Å². The zero-order valence-electron chi connectivity index (χ0n) is 13.8. The van der Waals surface area contributed by atoms with Gasteiger partial charge in [-0.3, -0.25) is 9.69 Å². The third-order valence-corrected chi connectivity index (χ3v) is 3.56. The maximum Gasteiger partial charge on any atom is 0.251 e. The third-order valence-electron chi connectivity index (χ3n) is 3.56. The first-order valence-corrected chi connectivity index (χ1v) is 7.26. The fourth-order valence-corrected chi connectivity index (χ4v) is 2.25. The average Bonchev–Trinajstić information content (AvgIpc) is 3.08. The van der Waals surface area contributed by atoms with Crippen LogP contribution in [-0.2, 0) is 0 Å². The molecule has 0 aliphatic heterocycles. The van der Waals surface area contributed by atoms with Crippen molar-refractivity contribution >= 4 is 5.91 Å². The van der Waals surface area contributed by atoms with Gasteiger partial charge in [0.2, 0.25) is 0 Å². The molecule has 0 bridgehead atoms. The molecule has 2 rings (SSSR count). The van der Waals surface area contributed by atoms with E-state index in [1.54, 1.807) is 38.7 Å². The maximum atomic E-state index is 12.4. The summed E-state index contributed by atoms with van der Waals surface area (Å²) in [6.45, 7) is 0.429. The van der Waals surface area contributed by atoms with Crippen LogP contribution in [-0.4, -0.2) is 45.7 Å². The second-order valence-corrected chi connectivity index (χ2v) is 5.31. The third kappa shape index (κ3) is 4.26. The van der Waals surface area contributed by atoms with Crippen molar-refractivity contribution < 1.29 is 18.7 Å². The molecule has 0 aliphatic carbocycles. The number of ether oxygens (including phenoxy) is 2. The molecule has 0 aliphatic rings. The minimum atomic E-state index is -0.194. The standard InChI is InChI=1S/C17H22N2O4/c1-19(2)15(16-6-5-7-23-16)11-18-17(20)12-8-13(21-3)10-14(9-12)22-4/h5-10,15H,11H2,1-4H3,(H,18,20). The highest BCUT2D eigenvalue weighted by molar-refractivity contribution is 5.95. The lowest BCUT2D eigenvalue weighted by molar-refractivity contribution is 0.0938. The Morgan fingerprint density at radius 3 is 2.35 bits per heavy atom. The highest BCUT2D eigenvalue weighted by atomic mass is 16.5. The molecule has 1 aromatic heterocycles. The molecule has 124 valence electrons. The lowest BCUT2D eigenvalue weighted by Crippen LogP contribution is -2.34. The number of carbonyl (C=O) groups is 1. The van der Waals surface area contributed by atoms with Crippen molar-refractivity contribution in [1.29, 1.82) is 0 Å². The number of likely N-dealkylation sites (N-methyl/N-ethyl adjacent to an activating group) is 1. The first-order valence-electron chi connectivity index (χ1n) is 7.26. The molecule has 0 spiro atoms. The van der Waals surface area contributed by atoms with E-state index in [2.05, 4.69) is 5.32 Å². The number of hydrogen-bond donors (Lipinski definition) is 1. The molecule has 0 fully saturated rings. The summed E-state index contributed by atoms with van der Waals surface area (Å²) in [7, 11) is 6.98. The van der Waals surface area contributed by atoms with Crippen LogP contribution in [0.25, 0.3) is 0 Å². The summed E-state index contributed by atoms with van der Waals surface area (Å²) in [6, 6.07) is 8.76. The van der Waals surface area contributed by atoms with Crippen LogP contribution in [0.4, 0.5) is 0 Å². The number of nitrogens with zero attached hydrogens (tertiary/aromatic N) is 1. The summed E-state index contributed by atoms with van der Waals surface area (Å²) in [5, 5.41) is 2.92. The van der Waals surface area contributed by atoms with Gasteiger partial charge >= 0.3 is 0 Å². The molecule has 6 nitrogen and oxygen atoms in total. The Labute approximate surface area is 136 Å². The van der Waals surface area contributed by atoms with Gasteiger partial charge in [0.15, 0.2) is 0 Å². The highest BCUT2D eigenvalue weighted by Gasteiger charge is 2.18. The van der Waals surface area contributed by atoms with E-state index in [4.69, 9.17) is 13.9 Å². The molecular weight excluding hydrogens is 296 g/mol. The lowest BCUT2D eigenvalue weighted by Gasteiger charge is -2.22. The quantitative estimate of drug-likeness (QED) is 0.849. The van der Waals surface area contributed by atoms with Crippen LogP contribution in [0.1, 0.15) is 22.2 Å². The van der Waals surface area contributed by atoms with Crippen molar-refractivity contribution in [2.24, 2.45) is 0 Å². The molecule has 0 saturated carbocycles. The lowest BCUT2D eigenvalue weighted by atomic mass is 10.1. The average molecular weight is 318 g/mol. The molecule has 1 unspecified atom stereocenters. The largest absolute Gasteiger partial charge is 0.497 e. The molecule has 6 heteroatoms. The number of rotatable bonds is 7. The Kier molecular flexibility index (Phi) is 5.65. The van der Waals surface area contributed by atoms with Crippen molar-refractivity contribution in [3.63, 3.8) is 0 Å². The van der Waals surface area contributed by atoms with E-state index in [-0.39, 0.29) is 11.9 Å². The first kappa shape index (κ1) is 16.9. The monoisotopic (exact) mass is 318 g/mol. The van der Waals surface area contributed by atoms with Crippen molar-refractivity contribution in [3.8, 4) is 11.5 Å². The summed E-state index contributed by atoms with van der Waals surface area (Å²) in [5.41, 5.74) is 0.484. The fourth-order valence-electron chi connectivity index (χ4n) is 2.25. The topological polar surface area (TPSA) is 63.9 Å². The van der Waals surface area contributed by atoms with Crippen LogP contribution in [0.5, 0.6) is 11.5 Å². The number of amides is 1. The van der Waals surface area contributed by atoms with Crippen LogP contribution in [0, 0.1) is 0 Å². The van der Waals surface area contributed by atoms with E-state index in [0.29, 0.717) is 23.6 Å². The van der Waals surface area contributed by atoms with Crippen LogP contribution in [0.2, 0.25) is 0 Å².